The highest BCUT2D eigenvalue weighted by Gasteiger charge is 2.65. The molecule has 6 rings (SSSR count). The number of aromatic hydroxyl groups is 6. The van der Waals surface area contributed by atoms with E-state index in [2.05, 4.69) is 0 Å². The molecule has 7 N–H and O–H groups in total. The van der Waals surface area contributed by atoms with Crippen LogP contribution in [0.3, 0.4) is 0 Å². The van der Waals surface area contributed by atoms with Crippen molar-refractivity contribution >= 4 is 5.78 Å². The summed E-state index contributed by atoms with van der Waals surface area (Å²) in [6.45, 7) is 0. The zero-order chi connectivity index (χ0) is 26.9. The number of hydrogen-bond donors (Lipinski definition) is 7. The van der Waals surface area contributed by atoms with Gasteiger partial charge >= 0.3 is 0 Å². The van der Waals surface area contributed by atoms with E-state index in [-0.39, 0.29) is 45.4 Å². The van der Waals surface area contributed by atoms with Crippen molar-refractivity contribution in [3.05, 3.63) is 101 Å². The second kappa shape index (κ2) is 8.06. The largest absolute Gasteiger partial charge is 0.508 e. The van der Waals surface area contributed by atoms with E-state index in [1.165, 1.54) is 60.7 Å². The fourth-order valence-electron chi connectivity index (χ4n) is 5.99. The standard InChI is InChI=1S/C29H22O9/c30-15-5-1-13(2-6-15)23-26(36)19-9-17(32)10-20(34)24(19)29(23)25-21(35)11-18(33)12-22(25)38-27(28(29)37)14-3-7-16(31)8-4-14/h1-12,23,26-27,30-36H/t23-,26+,27-,29+/m1/s1. The minimum absolute atomic E-state index is 0.0276. The molecule has 1 heterocycles. The maximum atomic E-state index is 14.7. The van der Waals surface area contributed by atoms with Crippen LogP contribution in [0.1, 0.15) is 45.9 Å². The number of phenolic OH excluding ortho intramolecular Hbond substituents is 6. The molecule has 9 heteroatoms. The van der Waals surface area contributed by atoms with Gasteiger partial charge in [0.1, 0.15) is 45.7 Å². The predicted octanol–water partition coefficient (Wildman–Crippen LogP) is 3.74. The Hall–Kier alpha value is -4.89. The number of phenols is 6. The van der Waals surface area contributed by atoms with Crippen LogP contribution in [0.5, 0.6) is 40.2 Å². The number of fused-ring (bicyclic) bond motifs is 4. The van der Waals surface area contributed by atoms with Gasteiger partial charge in [-0.15, -0.1) is 0 Å². The van der Waals surface area contributed by atoms with Crippen LogP contribution in [0.4, 0.5) is 0 Å². The molecular weight excluding hydrogens is 492 g/mol. The summed E-state index contributed by atoms with van der Waals surface area (Å²) >= 11 is 0. The molecule has 0 saturated heterocycles. The van der Waals surface area contributed by atoms with Gasteiger partial charge in [-0.3, -0.25) is 4.79 Å². The highest BCUT2D eigenvalue weighted by Crippen LogP contribution is 2.67. The molecule has 4 aromatic carbocycles. The molecule has 0 saturated carbocycles. The summed E-state index contributed by atoms with van der Waals surface area (Å²) < 4.78 is 6.03. The fourth-order valence-corrected chi connectivity index (χ4v) is 5.99. The van der Waals surface area contributed by atoms with Gasteiger partial charge in [0, 0.05) is 35.2 Å². The molecule has 0 fully saturated rings. The van der Waals surface area contributed by atoms with Crippen LogP contribution in [0, 0.1) is 0 Å². The molecule has 1 aliphatic carbocycles. The first-order valence-corrected chi connectivity index (χ1v) is 11.7. The van der Waals surface area contributed by atoms with Gasteiger partial charge in [0.25, 0.3) is 0 Å². The van der Waals surface area contributed by atoms with Crippen LogP contribution < -0.4 is 4.74 Å². The van der Waals surface area contributed by atoms with Gasteiger partial charge in [-0.2, -0.15) is 0 Å². The minimum atomic E-state index is -1.96. The smallest absolute Gasteiger partial charge is 0.193 e. The van der Waals surface area contributed by atoms with Crippen LogP contribution in [-0.2, 0) is 10.2 Å². The van der Waals surface area contributed by atoms with E-state index in [0.717, 1.165) is 12.1 Å². The number of ketones is 1. The summed E-state index contributed by atoms with van der Waals surface area (Å²) in [7, 11) is 0. The molecule has 38 heavy (non-hydrogen) atoms. The number of hydrogen-bond acceptors (Lipinski definition) is 9. The van der Waals surface area contributed by atoms with Crippen molar-refractivity contribution < 1.29 is 45.3 Å². The summed E-state index contributed by atoms with van der Waals surface area (Å²) in [5, 5.41) is 74.3. The molecule has 192 valence electrons. The number of benzene rings is 4. The molecule has 1 spiro atoms. The van der Waals surface area contributed by atoms with Crippen molar-refractivity contribution in [3.63, 3.8) is 0 Å². The van der Waals surface area contributed by atoms with Gasteiger partial charge in [0.05, 0.1) is 11.7 Å². The van der Waals surface area contributed by atoms with Crippen LogP contribution in [0.25, 0.3) is 0 Å². The van der Waals surface area contributed by atoms with Gasteiger partial charge in [-0.1, -0.05) is 24.3 Å². The van der Waals surface area contributed by atoms with E-state index in [0.29, 0.717) is 11.1 Å². The summed E-state index contributed by atoms with van der Waals surface area (Å²) in [5.74, 6) is -3.63. The van der Waals surface area contributed by atoms with Crippen molar-refractivity contribution in [1.82, 2.24) is 0 Å². The van der Waals surface area contributed by atoms with Crippen LogP contribution in [-0.4, -0.2) is 41.5 Å². The number of aliphatic hydroxyl groups excluding tert-OH is 1. The Kier molecular flexibility index (Phi) is 4.98. The molecule has 4 aromatic rings. The molecule has 0 bridgehead atoms. The van der Waals surface area contributed by atoms with Crippen molar-refractivity contribution in [2.75, 3.05) is 0 Å². The maximum Gasteiger partial charge on any atom is 0.193 e. The van der Waals surface area contributed by atoms with E-state index in [1.807, 2.05) is 0 Å². The Balaban J connectivity index is 1.75. The first kappa shape index (κ1) is 23.5. The van der Waals surface area contributed by atoms with Gasteiger partial charge in [0.15, 0.2) is 11.9 Å². The Morgan fingerprint density at radius 2 is 1.16 bits per heavy atom. The van der Waals surface area contributed by atoms with Crippen LogP contribution >= 0.6 is 0 Å². The van der Waals surface area contributed by atoms with E-state index < -0.39 is 40.8 Å². The van der Waals surface area contributed by atoms with E-state index >= 15 is 0 Å². The normalized spacial score (nSPS) is 23.6. The number of aliphatic hydroxyl groups is 1. The van der Waals surface area contributed by atoms with Gasteiger partial charge in [-0.05, 0) is 41.5 Å². The van der Waals surface area contributed by atoms with Crippen molar-refractivity contribution in [1.29, 1.82) is 0 Å². The monoisotopic (exact) mass is 514 g/mol. The lowest BCUT2D eigenvalue weighted by Gasteiger charge is -2.43. The van der Waals surface area contributed by atoms with E-state index in [4.69, 9.17) is 4.74 Å². The lowest BCUT2D eigenvalue weighted by molar-refractivity contribution is -0.134. The second-order valence-corrected chi connectivity index (χ2v) is 9.54. The first-order chi connectivity index (χ1) is 18.1. The van der Waals surface area contributed by atoms with E-state index in [1.54, 1.807) is 0 Å². The Labute approximate surface area is 215 Å². The predicted molar refractivity (Wildman–Crippen MR) is 133 cm³/mol. The molecule has 0 radical (unpaired) electrons. The molecule has 0 unspecified atom stereocenters. The average molecular weight is 514 g/mol. The quantitative estimate of drug-likeness (QED) is 0.211. The lowest BCUT2D eigenvalue weighted by atomic mass is 9.61. The molecular formula is C29H22O9. The van der Waals surface area contributed by atoms with Gasteiger partial charge in [0.2, 0.25) is 0 Å². The third-order valence-electron chi connectivity index (χ3n) is 7.41. The number of rotatable bonds is 2. The molecule has 4 atom stereocenters. The lowest BCUT2D eigenvalue weighted by Crippen LogP contribution is -2.48. The summed E-state index contributed by atoms with van der Waals surface area (Å²) in [6.07, 6.45) is -2.79. The second-order valence-electron chi connectivity index (χ2n) is 9.54. The van der Waals surface area contributed by atoms with Crippen LogP contribution in [0.15, 0.2) is 72.8 Å². The molecule has 0 amide bonds. The average Bonchev–Trinajstić information content (AvgIpc) is 3.11. The van der Waals surface area contributed by atoms with E-state index in [9.17, 15) is 40.5 Å². The number of carbonyl (C=O) groups excluding carboxylic acids is 1. The number of ether oxygens (including phenoxy) is 1. The Bertz CT molecular complexity index is 1590. The van der Waals surface area contributed by atoms with Crippen molar-refractivity contribution in [2.45, 2.75) is 23.5 Å². The summed E-state index contributed by atoms with van der Waals surface area (Å²) in [4.78, 5) is 14.7. The maximum absolute atomic E-state index is 14.7. The minimum Gasteiger partial charge on any atom is -0.508 e. The molecule has 9 nitrogen and oxygen atoms in total. The number of carbonyl (C=O) groups is 1. The van der Waals surface area contributed by atoms with Gasteiger partial charge < -0.3 is 40.5 Å². The Morgan fingerprint density at radius 3 is 1.76 bits per heavy atom. The highest BCUT2D eigenvalue weighted by molar-refractivity contribution is 6.04. The fraction of sp³-hybridized carbons (Fsp3) is 0.138. The first-order valence-electron chi connectivity index (χ1n) is 11.7. The third-order valence-corrected chi connectivity index (χ3v) is 7.41. The topological polar surface area (TPSA) is 168 Å². The summed E-state index contributed by atoms with van der Waals surface area (Å²) in [5.41, 5.74) is -1.27. The molecule has 1 aliphatic heterocycles. The van der Waals surface area contributed by atoms with Gasteiger partial charge in [-0.25, -0.2) is 0 Å². The molecule has 0 aromatic heterocycles. The summed E-state index contributed by atoms with van der Waals surface area (Å²) in [6, 6.07) is 16.1. The zero-order valence-corrected chi connectivity index (χ0v) is 19.6. The highest BCUT2D eigenvalue weighted by atomic mass is 16.5. The van der Waals surface area contributed by atoms with Crippen molar-refractivity contribution in [2.24, 2.45) is 0 Å². The zero-order valence-electron chi connectivity index (χ0n) is 19.6. The Morgan fingerprint density at radius 1 is 0.632 bits per heavy atom. The SMILES string of the molecule is O=C1[C@@H](c2ccc(O)cc2)Oc2cc(O)cc(O)c2[C@]12c1c(O)cc(O)cc1[C@H](O)[C@H]2c1ccc(O)cc1. The number of Topliss-reactive ketones (excluding diaryl/α,β-unsaturated/α-hetero) is 1. The molecule has 2 aliphatic rings. The van der Waals surface area contributed by atoms with Crippen LogP contribution in [0.2, 0.25) is 0 Å². The third kappa shape index (κ3) is 3.12. The van der Waals surface area contributed by atoms with Crippen molar-refractivity contribution in [3.8, 4) is 40.2 Å².